The predicted molar refractivity (Wildman–Crippen MR) is 126 cm³/mol. The number of benzene rings is 2. The normalized spacial score (nSPS) is 10.7. The van der Waals surface area contributed by atoms with Crippen LogP contribution in [0.5, 0.6) is 17.2 Å². The first-order valence-electron chi connectivity index (χ1n) is 10.1. The average Bonchev–Trinajstić information content (AvgIpc) is 3.28. The zero-order valence-electron chi connectivity index (χ0n) is 19.0. The van der Waals surface area contributed by atoms with Crippen molar-refractivity contribution in [3.05, 3.63) is 52.9 Å². The van der Waals surface area contributed by atoms with E-state index in [0.29, 0.717) is 35.5 Å². The van der Waals surface area contributed by atoms with Crippen LogP contribution in [0.2, 0.25) is 0 Å². The Bertz CT molecular complexity index is 1050. The number of thiazole rings is 1. The molecule has 0 atom stereocenters. The van der Waals surface area contributed by atoms with Gasteiger partial charge in [-0.25, -0.2) is 4.98 Å². The molecule has 0 spiro atoms. The number of aryl methyl sites for hydroxylation is 2. The summed E-state index contributed by atoms with van der Waals surface area (Å²) in [4.78, 5) is 19.4. The molecule has 0 aliphatic rings. The fraction of sp³-hybridized carbons (Fsp3) is 0.333. The van der Waals surface area contributed by atoms with Gasteiger partial charge in [-0.05, 0) is 43.2 Å². The molecule has 7 nitrogen and oxygen atoms in total. The summed E-state index contributed by atoms with van der Waals surface area (Å²) < 4.78 is 21.9. The molecule has 1 heterocycles. The number of anilines is 1. The van der Waals surface area contributed by atoms with Crippen LogP contribution in [0.3, 0.4) is 0 Å². The number of rotatable bonds is 10. The first kappa shape index (κ1) is 23.6. The quantitative estimate of drug-likeness (QED) is 0.447. The van der Waals surface area contributed by atoms with Crippen molar-refractivity contribution in [2.75, 3.05) is 46.0 Å². The van der Waals surface area contributed by atoms with Gasteiger partial charge in [-0.1, -0.05) is 18.2 Å². The molecule has 3 rings (SSSR count). The number of para-hydroxylation sites is 1. The summed E-state index contributed by atoms with van der Waals surface area (Å²) in [6.45, 7) is 4.58. The molecule has 0 saturated heterocycles. The van der Waals surface area contributed by atoms with E-state index in [1.807, 2.05) is 55.6 Å². The van der Waals surface area contributed by atoms with Gasteiger partial charge in [0.1, 0.15) is 17.2 Å². The van der Waals surface area contributed by atoms with Crippen molar-refractivity contribution in [1.29, 1.82) is 0 Å². The molecular weight excluding hydrogens is 428 g/mol. The van der Waals surface area contributed by atoms with E-state index in [9.17, 15) is 4.79 Å². The van der Waals surface area contributed by atoms with Crippen LogP contribution in [-0.2, 0) is 9.53 Å². The minimum atomic E-state index is -0.191. The second kappa shape index (κ2) is 11.0. The Labute approximate surface area is 192 Å². The summed E-state index contributed by atoms with van der Waals surface area (Å²) in [5.41, 5.74) is 3.47. The smallest absolute Gasteiger partial charge is 0.266 e. The molecule has 0 aliphatic heterocycles. The molecule has 1 amide bonds. The fourth-order valence-corrected chi connectivity index (χ4v) is 4.14. The van der Waals surface area contributed by atoms with Crippen molar-refractivity contribution in [2.45, 2.75) is 13.8 Å². The Morgan fingerprint density at radius 3 is 2.47 bits per heavy atom. The van der Waals surface area contributed by atoms with E-state index in [4.69, 9.17) is 23.9 Å². The molecule has 0 N–H and O–H groups in total. The number of hydrogen-bond acceptors (Lipinski definition) is 7. The van der Waals surface area contributed by atoms with Crippen LogP contribution < -0.4 is 19.1 Å². The van der Waals surface area contributed by atoms with Crippen molar-refractivity contribution in [3.8, 4) is 28.5 Å². The minimum Gasteiger partial charge on any atom is -0.497 e. The Balaban J connectivity index is 1.84. The van der Waals surface area contributed by atoms with Crippen LogP contribution in [-0.4, -0.2) is 52.0 Å². The van der Waals surface area contributed by atoms with Gasteiger partial charge in [-0.2, -0.15) is 0 Å². The van der Waals surface area contributed by atoms with Crippen LogP contribution in [0.1, 0.15) is 11.1 Å². The lowest BCUT2D eigenvalue weighted by Crippen LogP contribution is -2.37. The van der Waals surface area contributed by atoms with Gasteiger partial charge in [-0.3, -0.25) is 9.69 Å². The lowest BCUT2D eigenvalue weighted by Gasteiger charge is -2.20. The summed E-state index contributed by atoms with van der Waals surface area (Å²) in [6.07, 6.45) is 0. The number of aromatic nitrogens is 1. The van der Waals surface area contributed by atoms with Gasteiger partial charge in [0.15, 0.2) is 11.7 Å². The third-order valence-electron chi connectivity index (χ3n) is 4.97. The highest BCUT2D eigenvalue weighted by Crippen LogP contribution is 2.36. The van der Waals surface area contributed by atoms with Gasteiger partial charge in [-0.15, -0.1) is 11.3 Å². The van der Waals surface area contributed by atoms with Crippen LogP contribution in [0.15, 0.2) is 41.8 Å². The standard InChI is InChI=1S/C24H28N2O5S/c1-16-7-6-8-17(2)23(16)31-14-22(27)26(11-12-28-3)24-25-20(15-32-24)19-13-18(29-4)9-10-21(19)30-5/h6-10,13,15H,11-12,14H2,1-5H3. The van der Waals surface area contributed by atoms with Crippen LogP contribution in [0.4, 0.5) is 5.13 Å². The van der Waals surface area contributed by atoms with Gasteiger partial charge < -0.3 is 18.9 Å². The maximum atomic E-state index is 13.1. The second-order valence-electron chi connectivity index (χ2n) is 7.13. The van der Waals surface area contributed by atoms with Gasteiger partial charge in [0.05, 0.1) is 33.1 Å². The minimum absolute atomic E-state index is 0.0905. The highest BCUT2D eigenvalue weighted by molar-refractivity contribution is 7.14. The van der Waals surface area contributed by atoms with Crippen LogP contribution in [0, 0.1) is 13.8 Å². The Hall–Kier alpha value is -3.10. The molecule has 0 aliphatic carbocycles. The maximum Gasteiger partial charge on any atom is 0.266 e. The number of methoxy groups -OCH3 is 3. The summed E-state index contributed by atoms with van der Waals surface area (Å²) >= 11 is 1.38. The summed E-state index contributed by atoms with van der Waals surface area (Å²) in [5, 5.41) is 2.46. The fourth-order valence-electron chi connectivity index (χ4n) is 3.27. The topological polar surface area (TPSA) is 70.1 Å². The highest BCUT2D eigenvalue weighted by atomic mass is 32.1. The SMILES string of the molecule is COCCN(C(=O)COc1c(C)cccc1C)c1nc(-c2cc(OC)ccc2OC)cs1. The number of carbonyl (C=O) groups excluding carboxylic acids is 1. The highest BCUT2D eigenvalue weighted by Gasteiger charge is 2.21. The number of nitrogens with zero attached hydrogens (tertiary/aromatic N) is 2. The zero-order chi connectivity index (χ0) is 23.1. The molecule has 3 aromatic rings. The molecule has 2 aromatic carbocycles. The van der Waals surface area contributed by atoms with Gasteiger partial charge >= 0.3 is 0 Å². The first-order valence-corrected chi connectivity index (χ1v) is 11.0. The zero-order valence-corrected chi connectivity index (χ0v) is 19.8. The third kappa shape index (κ3) is 5.38. The monoisotopic (exact) mass is 456 g/mol. The van der Waals surface area contributed by atoms with E-state index < -0.39 is 0 Å². The van der Waals surface area contributed by atoms with Crippen LogP contribution in [0.25, 0.3) is 11.3 Å². The number of ether oxygens (including phenoxy) is 4. The molecule has 1 aromatic heterocycles. The molecule has 0 fully saturated rings. The van der Waals surface area contributed by atoms with Crippen molar-refractivity contribution in [2.24, 2.45) is 0 Å². The van der Waals surface area contributed by atoms with E-state index >= 15 is 0 Å². The lowest BCUT2D eigenvalue weighted by atomic mass is 10.1. The maximum absolute atomic E-state index is 13.1. The first-order chi connectivity index (χ1) is 15.5. The lowest BCUT2D eigenvalue weighted by molar-refractivity contribution is -0.120. The molecule has 170 valence electrons. The Morgan fingerprint density at radius 1 is 1.06 bits per heavy atom. The Morgan fingerprint density at radius 2 is 1.81 bits per heavy atom. The summed E-state index contributed by atoms with van der Waals surface area (Å²) in [5.74, 6) is 1.91. The number of hydrogen-bond donors (Lipinski definition) is 0. The van der Waals surface area contributed by atoms with Crippen molar-refractivity contribution < 1.29 is 23.7 Å². The number of amides is 1. The molecule has 0 unspecified atom stereocenters. The molecule has 8 heteroatoms. The van der Waals surface area contributed by atoms with E-state index in [1.165, 1.54) is 11.3 Å². The molecule has 0 bridgehead atoms. The molecule has 32 heavy (non-hydrogen) atoms. The van der Waals surface area contributed by atoms with E-state index in [2.05, 4.69) is 0 Å². The van der Waals surface area contributed by atoms with Gasteiger partial charge in [0.25, 0.3) is 5.91 Å². The largest absolute Gasteiger partial charge is 0.497 e. The summed E-state index contributed by atoms with van der Waals surface area (Å²) in [7, 11) is 4.82. The number of carbonyl (C=O) groups is 1. The van der Waals surface area contributed by atoms with Gasteiger partial charge in [0, 0.05) is 18.1 Å². The van der Waals surface area contributed by atoms with E-state index in [1.54, 1.807) is 26.2 Å². The third-order valence-corrected chi connectivity index (χ3v) is 5.84. The van der Waals surface area contributed by atoms with E-state index in [0.717, 1.165) is 22.4 Å². The van der Waals surface area contributed by atoms with Crippen molar-refractivity contribution in [3.63, 3.8) is 0 Å². The van der Waals surface area contributed by atoms with Crippen LogP contribution >= 0.6 is 11.3 Å². The predicted octanol–water partition coefficient (Wildman–Crippen LogP) is 4.50. The van der Waals surface area contributed by atoms with Crippen molar-refractivity contribution in [1.82, 2.24) is 4.98 Å². The summed E-state index contributed by atoms with van der Waals surface area (Å²) in [6, 6.07) is 11.4. The van der Waals surface area contributed by atoms with E-state index in [-0.39, 0.29) is 12.5 Å². The van der Waals surface area contributed by atoms with Gasteiger partial charge in [0.2, 0.25) is 0 Å². The Kier molecular flexibility index (Phi) is 8.08. The average molecular weight is 457 g/mol. The molecule has 0 saturated carbocycles. The molecule has 0 radical (unpaired) electrons. The van der Waals surface area contributed by atoms with Crippen molar-refractivity contribution >= 4 is 22.4 Å². The second-order valence-corrected chi connectivity index (χ2v) is 7.97. The molecular formula is C24H28N2O5S.